The minimum Gasteiger partial charge on any atom is -0.456 e. The van der Waals surface area contributed by atoms with E-state index in [1.54, 1.807) is 0 Å². The highest BCUT2D eigenvalue weighted by molar-refractivity contribution is 6.13. The fourth-order valence-electron chi connectivity index (χ4n) is 6.72. The zero-order chi connectivity index (χ0) is 33.4. The lowest BCUT2D eigenvalue weighted by Crippen LogP contribution is -2.00. The van der Waals surface area contributed by atoms with Crippen LogP contribution in [0.1, 0.15) is 5.56 Å². The molecular weight excluding hydrogens is 611 g/mol. The summed E-state index contributed by atoms with van der Waals surface area (Å²) in [6.45, 7) is 2.12. The molecule has 0 N–H and O–H groups in total. The van der Waals surface area contributed by atoms with Crippen molar-refractivity contribution in [2.24, 2.45) is 0 Å². The zero-order valence-corrected chi connectivity index (χ0v) is 27.4. The van der Waals surface area contributed by atoms with E-state index in [4.69, 9.17) is 19.4 Å². The molecule has 0 aliphatic rings. The maximum atomic E-state index is 6.47. The van der Waals surface area contributed by atoms with Gasteiger partial charge in [-0.1, -0.05) is 139 Å². The lowest BCUT2D eigenvalue weighted by atomic mass is 9.95. The molecule has 0 aliphatic heterocycles. The van der Waals surface area contributed by atoms with Gasteiger partial charge in [0.1, 0.15) is 11.2 Å². The van der Waals surface area contributed by atoms with Crippen LogP contribution in [0.2, 0.25) is 0 Å². The maximum Gasteiger partial charge on any atom is 0.164 e. The maximum absolute atomic E-state index is 6.47. The van der Waals surface area contributed by atoms with Crippen LogP contribution in [0, 0.1) is 6.92 Å². The minimum absolute atomic E-state index is 0.585. The molecule has 2 heterocycles. The van der Waals surface area contributed by atoms with Crippen LogP contribution in [-0.4, -0.2) is 15.0 Å². The van der Waals surface area contributed by atoms with Gasteiger partial charge in [0, 0.05) is 27.5 Å². The smallest absolute Gasteiger partial charge is 0.164 e. The molecule has 0 unspecified atom stereocenters. The zero-order valence-electron chi connectivity index (χ0n) is 27.4. The standard InChI is InChI=1S/C46H31N3O/c1-30-13-11-20-34(25-30)37-26-36(31-14-5-2-6-15-31)27-38(28-37)46-48-44(33-18-9-4-10-19-33)47-45(49-46)35-23-24-40-42(29-35)50-41-22-12-21-39(43(40)41)32-16-7-3-8-17-32/h2-29H,1H3. The largest absolute Gasteiger partial charge is 0.456 e. The number of hydrogen-bond donors (Lipinski definition) is 0. The number of aromatic nitrogens is 3. The van der Waals surface area contributed by atoms with Crippen molar-refractivity contribution in [2.45, 2.75) is 6.92 Å². The van der Waals surface area contributed by atoms with Crippen LogP contribution in [0.25, 0.3) is 89.5 Å². The van der Waals surface area contributed by atoms with E-state index in [9.17, 15) is 0 Å². The molecule has 0 atom stereocenters. The van der Waals surface area contributed by atoms with E-state index >= 15 is 0 Å². The van der Waals surface area contributed by atoms with Crippen molar-refractivity contribution in [3.05, 3.63) is 175 Å². The fraction of sp³-hybridized carbons (Fsp3) is 0.0217. The summed E-state index contributed by atoms with van der Waals surface area (Å²) in [5, 5.41) is 2.15. The first kappa shape index (κ1) is 29.5. The van der Waals surface area contributed by atoms with Crippen LogP contribution >= 0.6 is 0 Å². The normalized spacial score (nSPS) is 11.3. The van der Waals surface area contributed by atoms with Crippen molar-refractivity contribution in [1.82, 2.24) is 15.0 Å². The average Bonchev–Trinajstić information content (AvgIpc) is 3.57. The SMILES string of the molecule is Cc1cccc(-c2cc(-c3ccccc3)cc(-c3nc(-c4ccccc4)nc(-c4ccc5c(c4)oc4cccc(-c6ccccc6)c45)n3)c2)c1. The van der Waals surface area contributed by atoms with E-state index in [0.717, 1.165) is 72.0 Å². The summed E-state index contributed by atoms with van der Waals surface area (Å²) in [4.78, 5) is 15.3. The first-order valence-electron chi connectivity index (χ1n) is 16.8. The molecule has 50 heavy (non-hydrogen) atoms. The highest BCUT2D eigenvalue weighted by Crippen LogP contribution is 2.39. The summed E-state index contributed by atoms with van der Waals surface area (Å²) in [6.07, 6.45) is 0. The van der Waals surface area contributed by atoms with Gasteiger partial charge >= 0.3 is 0 Å². The Balaban J connectivity index is 1.24. The lowest BCUT2D eigenvalue weighted by Gasteiger charge is -2.13. The quantitative estimate of drug-likeness (QED) is 0.181. The van der Waals surface area contributed by atoms with Crippen molar-refractivity contribution < 1.29 is 4.42 Å². The van der Waals surface area contributed by atoms with Gasteiger partial charge in [-0.05, 0) is 76.7 Å². The summed E-state index contributed by atoms with van der Waals surface area (Å²) < 4.78 is 6.47. The second-order valence-corrected chi connectivity index (χ2v) is 12.6. The summed E-state index contributed by atoms with van der Waals surface area (Å²) in [5.41, 5.74) is 12.3. The molecule has 2 aromatic heterocycles. The summed E-state index contributed by atoms with van der Waals surface area (Å²) in [6, 6.07) is 58.7. The molecule has 4 heteroatoms. The van der Waals surface area contributed by atoms with E-state index in [1.165, 1.54) is 5.56 Å². The van der Waals surface area contributed by atoms with E-state index in [0.29, 0.717) is 17.5 Å². The Bertz CT molecular complexity index is 2650. The van der Waals surface area contributed by atoms with Gasteiger partial charge in [0.05, 0.1) is 0 Å². The predicted octanol–water partition coefficient (Wildman–Crippen LogP) is 12.1. The molecule has 0 amide bonds. The third-order valence-corrected chi connectivity index (χ3v) is 9.16. The number of hydrogen-bond acceptors (Lipinski definition) is 4. The molecule has 0 spiro atoms. The first-order chi connectivity index (χ1) is 24.7. The number of nitrogens with zero attached hydrogens (tertiary/aromatic N) is 3. The monoisotopic (exact) mass is 641 g/mol. The van der Waals surface area contributed by atoms with Crippen LogP contribution in [0.15, 0.2) is 174 Å². The molecule has 236 valence electrons. The van der Waals surface area contributed by atoms with Crippen molar-refractivity contribution >= 4 is 21.9 Å². The van der Waals surface area contributed by atoms with E-state index in [2.05, 4.69) is 122 Å². The van der Waals surface area contributed by atoms with Gasteiger partial charge in [0.2, 0.25) is 0 Å². The van der Waals surface area contributed by atoms with Crippen molar-refractivity contribution in [2.75, 3.05) is 0 Å². The van der Waals surface area contributed by atoms with Crippen LogP contribution in [0.5, 0.6) is 0 Å². The minimum atomic E-state index is 0.585. The molecule has 0 bridgehead atoms. The molecule has 4 nitrogen and oxygen atoms in total. The Kier molecular flexibility index (Phi) is 7.33. The number of furan rings is 1. The Hall–Kier alpha value is -6.65. The highest BCUT2D eigenvalue weighted by Gasteiger charge is 2.17. The third kappa shape index (κ3) is 5.53. The predicted molar refractivity (Wildman–Crippen MR) is 204 cm³/mol. The van der Waals surface area contributed by atoms with E-state index in [1.807, 2.05) is 54.6 Å². The van der Waals surface area contributed by atoms with Gasteiger partial charge in [-0.25, -0.2) is 15.0 Å². The third-order valence-electron chi connectivity index (χ3n) is 9.16. The number of benzene rings is 7. The molecule has 0 fully saturated rings. The second-order valence-electron chi connectivity index (χ2n) is 12.6. The van der Waals surface area contributed by atoms with Gasteiger partial charge in [-0.15, -0.1) is 0 Å². The van der Waals surface area contributed by atoms with Crippen molar-refractivity contribution in [1.29, 1.82) is 0 Å². The van der Waals surface area contributed by atoms with E-state index < -0.39 is 0 Å². The molecule has 9 aromatic rings. The first-order valence-corrected chi connectivity index (χ1v) is 16.8. The van der Waals surface area contributed by atoms with Gasteiger partial charge in [-0.2, -0.15) is 0 Å². The Labute approximate surface area is 290 Å². The van der Waals surface area contributed by atoms with Crippen LogP contribution in [-0.2, 0) is 0 Å². The molecule has 0 aliphatic carbocycles. The summed E-state index contributed by atoms with van der Waals surface area (Å²) in [7, 11) is 0. The Morgan fingerprint density at radius 1 is 0.360 bits per heavy atom. The molecule has 0 saturated carbocycles. The molecule has 7 aromatic carbocycles. The average molecular weight is 642 g/mol. The van der Waals surface area contributed by atoms with Crippen LogP contribution in [0.3, 0.4) is 0 Å². The van der Waals surface area contributed by atoms with Gasteiger partial charge in [-0.3, -0.25) is 0 Å². The summed E-state index contributed by atoms with van der Waals surface area (Å²) >= 11 is 0. The van der Waals surface area contributed by atoms with Crippen molar-refractivity contribution in [3.63, 3.8) is 0 Å². The Morgan fingerprint density at radius 3 is 1.62 bits per heavy atom. The van der Waals surface area contributed by atoms with Gasteiger partial charge in [0.25, 0.3) is 0 Å². The summed E-state index contributed by atoms with van der Waals surface area (Å²) in [5.74, 6) is 1.81. The lowest BCUT2D eigenvalue weighted by molar-refractivity contribution is 0.669. The molecule has 0 radical (unpaired) electrons. The van der Waals surface area contributed by atoms with Crippen LogP contribution < -0.4 is 0 Å². The number of fused-ring (bicyclic) bond motifs is 3. The Morgan fingerprint density at radius 2 is 0.920 bits per heavy atom. The van der Waals surface area contributed by atoms with Crippen molar-refractivity contribution in [3.8, 4) is 67.5 Å². The topological polar surface area (TPSA) is 51.8 Å². The second kappa shape index (κ2) is 12.4. The number of aryl methyl sites for hydroxylation is 1. The van der Waals surface area contributed by atoms with E-state index in [-0.39, 0.29) is 0 Å². The molecule has 9 rings (SSSR count). The van der Waals surface area contributed by atoms with Gasteiger partial charge in [0.15, 0.2) is 17.5 Å². The molecular formula is C46H31N3O. The highest BCUT2D eigenvalue weighted by atomic mass is 16.3. The molecule has 0 saturated heterocycles. The van der Waals surface area contributed by atoms with Gasteiger partial charge < -0.3 is 4.42 Å². The number of rotatable bonds is 6. The fourth-order valence-corrected chi connectivity index (χ4v) is 6.72. The van der Waals surface area contributed by atoms with Crippen LogP contribution in [0.4, 0.5) is 0 Å².